The van der Waals surface area contributed by atoms with E-state index in [1.54, 1.807) is 18.2 Å². The molecule has 1 unspecified atom stereocenters. The van der Waals surface area contributed by atoms with Gasteiger partial charge in [0.15, 0.2) is 17.3 Å². The van der Waals surface area contributed by atoms with Crippen LogP contribution in [0.1, 0.15) is 47.9 Å². The van der Waals surface area contributed by atoms with Crippen molar-refractivity contribution in [2.45, 2.75) is 32.8 Å². The number of hydrogen-bond donors (Lipinski definition) is 3. The lowest BCUT2D eigenvalue weighted by Gasteiger charge is -2.29. The highest BCUT2D eigenvalue weighted by Crippen LogP contribution is 2.52. The molecule has 0 aromatic heterocycles. The lowest BCUT2D eigenvalue weighted by molar-refractivity contribution is 0.0833. The monoisotopic (exact) mass is 370 g/mol. The molecule has 0 bridgehead atoms. The quantitative estimate of drug-likeness (QED) is 0.703. The number of aromatic hydroxyl groups is 3. The van der Waals surface area contributed by atoms with E-state index in [2.05, 4.69) is 0 Å². The lowest BCUT2D eigenvalue weighted by atomic mass is 9.92. The van der Waals surface area contributed by atoms with Crippen LogP contribution in [0.5, 0.6) is 28.7 Å². The van der Waals surface area contributed by atoms with Crippen molar-refractivity contribution in [1.29, 1.82) is 0 Å². The van der Waals surface area contributed by atoms with Gasteiger partial charge in [0.1, 0.15) is 23.2 Å². The van der Waals surface area contributed by atoms with Crippen LogP contribution in [-0.4, -0.2) is 28.2 Å². The third-order valence-corrected chi connectivity index (χ3v) is 4.57. The number of para-hydroxylation sites is 1. The maximum Gasteiger partial charge on any atom is 0.204 e. The molecule has 27 heavy (non-hydrogen) atoms. The molecule has 1 aliphatic rings. The Bertz CT molecular complexity index is 925. The number of carbonyl (C=O) groups excluding carboxylic acids is 1. The number of phenols is 3. The Morgan fingerprint density at radius 1 is 1.22 bits per heavy atom. The van der Waals surface area contributed by atoms with Crippen LogP contribution < -0.4 is 9.47 Å². The van der Waals surface area contributed by atoms with E-state index in [4.69, 9.17) is 9.47 Å². The number of carbonyl (C=O) groups is 1. The highest BCUT2D eigenvalue weighted by molar-refractivity contribution is 6.04. The molecule has 0 amide bonds. The SMILES string of the molecule is COc1c(O)c(CC=C(C)C)c(O)c2c1OC(c1ccccc1O)CC2=O. The topological polar surface area (TPSA) is 96.2 Å². The first-order valence-corrected chi connectivity index (χ1v) is 8.61. The van der Waals surface area contributed by atoms with Crippen molar-refractivity contribution in [2.24, 2.45) is 0 Å². The van der Waals surface area contributed by atoms with Crippen molar-refractivity contribution in [3.63, 3.8) is 0 Å². The molecule has 2 aromatic carbocycles. The number of allylic oxidation sites excluding steroid dienone is 2. The molecule has 3 N–H and O–H groups in total. The Hall–Kier alpha value is -3.15. The number of phenolic OH excluding ortho intramolecular Hbond substituents is 3. The average Bonchev–Trinajstić information content (AvgIpc) is 2.61. The predicted molar refractivity (Wildman–Crippen MR) is 99.9 cm³/mol. The first kappa shape index (κ1) is 18.6. The number of hydrogen-bond acceptors (Lipinski definition) is 6. The molecular weight excluding hydrogens is 348 g/mol. The molecule has 1 atom stereocenters. The van der Waals surface area contributed by atoms with Gasteiger partial charge in [0.2, 0.25) is 5.75 Å². The van der Waals surface area contributed by atoms with E-state index in [0.717, 1.165) is 5.57 Å². The van der Waals surface area contributed by atoms with Crippen molar-refractivity contribution in [2.75, 3.05) is 7.11 Å². The smallest absolute Gasteiger partial charge is 0.204 e. The van der Waals surface area contributed by atoms with Gasteiger partial charge in [0.25, 0.3) is 0 Å². The maximum absolute atomic E-state index is 12.8. The summed E-state index contributed by atoms with van der Waals surface area (Å²) in [6.45, 7) is 3.80. The molecule has 0 saturated carbocycles. The molecular formula is C21H22O6. The predicted octanol–water partition coefficient (Wildman–Crippen LogP) is 4.03. The van der Waals surface area contributed by atoms with Crippen LogP contribution in [0, 0.1) is 0 Å². The molecule has 0 radical (unpaired) electrons. The third kappa shape index (κ3) is 3.30. The number of Topliss-reactive ketones (excluding diaryl/α,β-unsaturated/α-hetero) is 1. The van der Waals surface area contributed by atoms with Gasteiger partial charge in [-0.3, -0.25) is 4.79 Å². The van der Waals surface area contributed by atoms with Crippen molar-refractivity contribution in [3.05, 3.63) is 52.6 Å². The van der Waals surface area contributed by atoms with E-state index in [1.165, 1.54) is 13.2 Å². The van der Waals surface area contributed by atoms with E-state index in [9.17, 15) is 20.1 Å². The summed E-state index contributed by atoms with van der Waals surface area (Å²) in [5, 5.41) is 31.3. The van der Waals surface area contributed by atoms with Crippen LogP contribution in [0.4, 0.5) is 0 Å². The summed E-state index contributed by atoms with van der Waals surface area (Å²) in [7, 11) is 1.36. The van der Waals surface area contributed by atoms with Crippen LogP contribution >= 0.6 is 0 Å². The summed E-state index contributed by atoms with van der Waals surface area (Å²) in [5.74, 6) is -0.935. The lowest BCUT2D eigenvalue weighted by Crippen LogP contribution is -2.21. The molecule has 6 nitrogen and oxygen atoms in total. The molecule has 1 heterocycles. The largest absolute Gasteiger partial charge is 0.508 e. The van der Waals surface area contributed by atoms with Gasteiger partial charge >= 0.3 is 0 Å². The fourth-order valence-electron chi connectivity index (χ4n) is 3.18. The number of rotatable bonds is 4. The summed E-state index contributed by atoms with van der Waals surface area (Å²) in [6, 6.07) is 6.57. The Labute approximate surface area is 157 Å². The molecule has 3 rings (SSSR count). The first-order chi connectivity index (χ1) is 12.8. The summed E-state index contributed by atoms with van der Waals surface area (Å²) in [4.78, 5) is 12.8. The number of benzene rings is 2. The van der Waals surface area contributed by atoms with Crippen molar-refractivity contribution in [3.8, 4) is 28.7 Å². The number of ether oxygens (including phenoxy) is 2. The van der Waals surface area contributed by atoms with Crippen LogP contribution in [0.3, 0.4) is 0 Å². The second-order valence-corrected chi connectivity index (χ2v) is 6.69. The fraction of sp³-hybridized carbons (Fsp3) is 0.286. The number of methoxy groups -OCH3 is 1. The summed E-state index contributed by atoms with van der Waals surface area (Å²) in [6.07, 6.45) is 1.29. The Morgan fingerprint density at radius 3 is 2.56 bits per heavy atom. The highest BCUT2D eigenvalue weighted by Gasteiger charge is 2.37. The minimum Gasteiger partial charge on any atom is -0.508 e. The number of fused-ring (bicyclic) bond motifs is 1. The summed E-state index contributed by atoms with van der Waals surface area (Å²) in [5.41, 5.74) is 1.66. The minimum absolute atomic E-state index is 0.00587. The van der Waals surface area contributed by atoms with Crippen molar-refractivity contribution < 1.29 is 29.6 Å². The van der Waals surface area contributed by atoms with Crippen LogP contribution in [-0.2, 0) is 6.42 Å². The van der Waals surface area contributed by atoms with Gasteiger partial charge < -0.3 is 24.8 Å². The van der Waals surface area contributed by atoms with Crippen LogP contribution in [0.25, 0.3) is 0 Å². The third-order valence-electron chi connectivity index (χ3n) is 4.57. The second-order valence-electron chi connectivity index (χ2n) is 6.69. The molecule has 0 aliphatic carbocycles. The Kier molecular flexibility index (Phi) is 4.99. The zero-order valence-electron chi connectivity index (χ0n) is 15.4. The zero-order chi connectivity index (χ0) is 19.7. The number of ketones is 1. The molecule has 0 spiro atoms. The Morgan fingerprint density at radius 2 is 1.93 bits per heavy atom. The fourth-order valence-corrected chi connectivity index (χ4v) is 3.18. The summed E-state index contributed by atoms with van der Waals surface area (Å²) < 4.78 is 11.2. The van der Waals surface area contributed by atoms with E-state index in [-0.39, 0.29) is 58.5 Å². The van der Waals surface area contributed by atoms with Gasteiger partial charge in [-0.05, 0) is 26.3 Å². The van der Waals surface area contributed by atoms with Crippen molar-refractivity contribution >= 4 is 5.78 Å². The molecule has 2 aromatic rings. The summed E-state index contributed by atoms with van der Waals surface area (Å²) >= 11 is 0. The van der Waals surface area contributed by atoms with Gasteiger partial charge in [0.05, 0.1) is 13.5 Å². The van der Waals surface area contributed by atoms with Crippen molar-refractivity contribution in [1.82, 2.24) is 0 Å². The van der Waals surface area contributed by atoms with E-state index >= 15 is 0 Å². The first-order valence-electron chi connectivity index (χ1n) is 8.61. The van der Waals surface area contributed by atoms with Crippen LogP contribution in [0.2, 0.25) is 0 Å². The zero-order valence-corrected chi connectivity index (χ0v) is 15.4. The Balaban J connectivity index is 2.14. The van der Waals surface area contributed by atoms with Gasteiger partial charge in [-0.25, -0.2) is 0 Å². The maximum atomic E-state index is 12.8. The molecule has 142 valence electrons. The normalized spacial score (nSPS) is 15.7. The molecule has 6 heteroatoms. The molecule has 1 aliphatic heterocycles. The van der Waals surface area contributed by atoms with E-state index in [0.29, 0.717) is 5.56 Å². The van der Waals surface area contributed by atoms with Gasteiger partial charge in [0, 0.05) is 11.1 Å². The highest BCUT2D eigenvalue weighted by atomic mass is 16.5. The molecule has 0 fully saturated rings. The minimum atomic E-state index is -0.748. The standard InChI is InChI=1S/C21H22O6/c1-11(2)8-9-13-18(24)17-15(23)10-16(12-6-4-5-7-14(12)22)27-20(17)21(26-3)19(13)25/h4-8,16,22,24-25H,9-10H2,1-3H3. The van der Waals surface area contributed by atoms with E-state index in [1.807, 2.05) is 19.9 Å². The van der Waals surface area contributed by atoms with Gasteiger partial charge in [-0.1, -0.05) is 29.8 Å². The molecule has 0 saturated heterocycles. The van der Waals surface area contributed by atoms with Gasteiger partial charge in [-0.2, -0.15) is 0 Å². The van der Waals surface area contributed by atoms with Gasteiger partial charge in [-0.15, -0.1) is 0 Å². The second kappa shape index (κ2) is 7.23. The van der Waals surface area contributed by atoms with Crippen LogP contribution in [0.15, 0.2) is 35.9 Å². The van der Waals surface area contributed by atoms with E-state index < -0.39 is 6.10 Å². The average molecular weight is 370 g/mol.